The van der Waals surface area contributed by atoms with E-state index in [0.29, 0.717) is 54.4 Å². The number of allylic oxidation sites excluding steroid dienone is 2. The van der Waals surface area contributed by atoms with E-state index in [2.05, 4.69) is 15.4 Å². The molecule has 0 fully saturated rings. The molecule has 164 valence electrons. The summed E-state index contributed by atoms with van der Waals surface area (Å²) in [4.78, 5) is 16.8. The van der Waals surface area contributed by atoms with Crippen molar-refractivity contribution in [3.8, 4) is 11.5 Å². The zero-order valence-corrected chi connectivity index (χ0v) is 17.0. The Labute approximate surface area is 176 Å². The molecule has 0 radical (unpaired) electrons. The van der Waals surface area contributed by atoms with Crippen LogP contribution in [0.4, 0.5) is 19.1 Å². The van der Waals surface area contributed by atoms with Crippen LogP contribution in [0.1, 0.15) is 50.5 Å². The predicted molar refractivity (Wildman–Crippen MR) is 104 cm³/mol. The number of nitrogens with one attached hydrogen (secondary N) is 1. The van der Waals surface area contributed by atoms with Crippen LogP contribution >= 0.6 is 0 Å². The number of hydrogen-bond donors (Lipinski definition) is 1. The molecule has 0 spiro atoms. The Morgan fingerprint density at radius 1 is 1.16 bits per heavy atom. The van der Waals surface area contributed by atoms with Crippen LogP contribution in [0.15, 0.2) is 29.5 Å². The van der Waals surface area contributed by atoms with Crippen LogP contribution in [-0.2, 0) is 11.0 Å². The van der Waals surface area contributed by atoms with Gasteiger partial charge in [0, 0.05) is 24.1 Å². The Kier molecular flexibility index (Phi) is 4.32. The van der Waals surface area contributed by atoms with E-state index in [1.165, 1.54) is 0 Å². The number of ketones is 1. The van der Waals surface area contributed by atoms with Crippen molar-refractivity contribution in [1.29, 1.82) is 0 Å². The van der Waals surface area contributed by atoms with Gasteiger partial charge < -0.3 is 14.8 Å². The van der Waals surface area contributed by atoms with Crippen molar-refractivity contribution in [2.24, 2.45) is 5.41 Å². The Morgan fingerprint density at radius 2 is 1.90 bits per heavy atom. The summed E-state index contributed by atoms with van der Waals surface area (Å²) in [5.41, 5.74) is 1.28. The van der Waals surface area contributed by atoms with E-state index in [4.69, 9.17) is 9.47 Å². The second-order valence-electron chi connectivity index (χ2n) is 8.82. The molecular formula is C21H21F3N4O3. The van der Waals surface area contributed by atoms with E-state index in [1.807, 2.05) is 13.8 Å². The van der Waals surface area contributed by atoms with Crippen molar-refractivity contribution in [2.45, 2.75) is 45.3 Å². The number of fused-ring (bicyclic) bond motifs is 2. The summed E-state index contributed by atoms with van der Waals surface area (Å²) in [6.07, 6.45) is -3.17. The van der Waals surface area contributed by atoms with Crippen molar-refractivity contribution >= 4 is 11.7 Å². The third kappa shape index (κ3) is 3.43. The molecule has 1 N–H and O–H groups in total. The lowest BCUT2D eigenvalue weighted by molar-refractivity contribution is -0.145. The van der Waals surface area contributed by atoms with Crippen LogP contribution in [0.2, 0.25) is 0 Å². The molecule has 5 rings (SSSR count). The zero-order chi connectivity index (χ0) is 22.0. The number of nitrogens with zero attached hydrogens (tertiary/aromatic N) is 3. The van der Waals surface area contributed by atoms with Crippen LogP contribution in [0.5, 0.6) is 11.5 Å². The predicted octanol–water partition coefficient (Wildman–Crippen LogP) is 4.12. The average molecular weight is 434 g/mol. The second kappa shape index (κ2) is 6.73. The quantitative estimate of drug-likeness (QED) is 0.728. The average Bonchev–Trinajstić information content (AvgIpc) is 2.96. The lowest BCUT2D eigenvalue weighted by atomic mass is 9.73. The molecule has 3 heterocycles. The van der Waals surface area contributed by atoms with Gasteiger partial charge in [-0.15, -0.1) is 5.10 Å². The molecule has 0 saturated carbocycles. The van der Waals surface area contributed by atoms with Gasteiger partial charge in [-0.1, -0.05) is 19.9 Å². The number of halogens is 3. The highest BCUT2D eigenvalue weighted by Gasteiger charge is 2.44. The molecule has 1 atom stereocenters. The maximum absolute atomic E-state index is 13.4. The van der Waals surface area contributed by atoms with Crippen LogP contribution in [0, 0.1) is 5.41 Å². The summed E-state index contributed by atoms with van der Waals surface area (Å²) >= 11 is 0. The van der Waals surface area contributed by atoms with Gasteiger partial charge in [0.05, 0.1) is 13.2 Å². The summed E-state index contributed by atoms with van der Waals surface area (Å²) in [6.45, 7) is 4.90. The molecule has 0 bridgehead atoms. The molecule has 0 saturated heterocycles. The molecule has 7 nitrogen and oxygen atoms in total. The minimum absolute atomic E-state index is 0.0336. The number of anilines is 1. The van der Waals surface area contributed by atoms with Crippen molar-refractivity contribution in [2.75, 3.05) is 18.5 Å². The fourth-order valence-corrected chi connectivity index (χ4v) is 4.39. The largest absolute Gasteiger partial charge is 0.490 e. The SMILES string of the molecule is CC1(C)CC(=O)C2=C(C1)Nc1nc(C(F)(F)F)nn1C2c1ccc2c(c1)OCCCO2. The number of rotatable bonds is 1. The van der Waals surface area contributed by atoms with E-state index in [-0.39, 0.29) is 17.1 Å². The van der Waals surface area contributed by atoms with E-state index in [9.17, 15) is 18.0 Å². The van der Waals surface area contributed by atoms with Gasteiger partial charge in [-0.3, -0.25) is 4.79 Å². The highest BCUT2D eigenvalue weighted by molar-refractivity contribution is 6.00. The summed E-state index contributed by atoms with van der Waals surface area (Å²) in [5.74, 6) is -0.340. The first kappa shape index (κ1) is 19.9. The maximum atomic E-state index is 13.4. The first-order valence-corrected chi connectivity index (χ1v) is 10.1. The molecule has 1 aromatic carbocycles. The summed E-state index contributed by atoms with van der Waals surface area (Å²) in [6, 6.07) is 4.33. The van der Waals surface area contributed by atoms with E-state index < -0.39 is 18.0 Å². The lowest BCUT2D eigenvalue weighted by Crippen LogP contribution is -2.36. The van der Waals surface area contributed by atoms with Gasteiger partial charge in [-0.05, 0) is 29.5 Å². The normalized spacial score (nSPS) is 22.4. The highest BCUT2D eigenvalue weighted by atomic mass is 19.4. The summed E-state index contributed by atoms with van der Waals surface area (Å²) in [5, 5.41) is 6.67. The third-order valence-electron chi connectivity index (χ3n) is 5.67. The zero-order valence-electron chi connectivity index (χ0n) is 17.0. The lowest BCUT2D eigenvalue weighted by Gasteiger charge is -2.38. The van der Waals surface area contributed by atoms with Crippen molar-refractivity contribution in [3.05, 3.63) is 40.9 Å². The number of carbonyl (C=O) groups excluding carboxylic acids is 1. The molecule has 2 aliphatic heterocycles. The number of hydrogen-bond acceptors (Lipinski definition) is 6. The van der Waals surface area contributed by atoms with Crippen molar-refractivity contribution < 1.29 is 27.4 Å². The Bertz CT molecular complexity index is 1100. The van der Waals surface area contributed by atoms with Crippen molar-refractivity contribution in [1.82, 2.24) is 14.8 Å². The fraction of sp³-hybridized carbons (Fsp3) is 0.476. The Balaban J connectivity index is 1.68. The van der Waals surface area contributed by atoms with Crippen LogP contribution < -0.4 is 14.8 Å². The number of alkyl halides is 3. The fourth-order valence-electron chi connectivity index (χ4n) is 4.39. The van der Waals surface area contributed by atoms with E-state index in [0.717, 1.165) is 11.1 Å². The second-order valence-corrected chi connectivity index (χ2v) is 8.82. The van der Waals surface area contributed by atoms with Gasteiger partial charge in [0.2, 0.25) is 5.95 Å². The Hall–Kier alpha value is -3.04. The molecule has 3 aliphatic rings. The Morgan fingerprint density at radius 3 is 2.65 bits per heavy atom. The van der Waals surface area contributed by atoms with Crippen molar-refractivity contribution in [3.63, 3.8) is 0 Å². The molecule has 1 aromatic heterocycles. The summed E-state index contributed by atoms with van der Waals surface area (Å²) in [7, 11) is 0. The first-order chi connectivity index (χ1) is 14.6. The van der Waals surface area contributed by atoms with Gasteiger partial charge in [-0.25, -0.2) is 4.68 Å². The van der Waals surface area contributed by atoms with Gasteiger partial charge >= 0.3 is 6.18 Å². The molecule has 31 heavy (non-hydrogen) atoms. The number of carbonyl (C=O) groups is 1. The van der Waals surface area contributed by atoms with Crippen LogP contribution in [0.25, 0.3) is 0 Å². The number of benzene rings is 1. The van der Waals surface area contributed by atoms with Gasteiger partial charge in [0.1, 0.15) is 6.04 Å². The summed E-state index contributed by atoms with van der Waals surface area (Å²) < 4.78 is 52.7. The van der Waals surface area contributed by atoms with E-state index >= 15 is 0 Å². The molecule has 1 unspecified atom stereocenters. The van der Waals surface area contributed by atoms with Gasteiger partial charge in [0.25, 0.3) is 5.82 Å². The first-order valence-electron chi connectivity index (χ1n) is 10.1. The minimum atomic E-state index is -4.70. The standard InChI is InChI=1S/C21H21F3N4O3/c1-20(2)9-12-16(13(29)10-20)17(28-19(25-12)26-18(27-28)21(22,23)24)11-4-5-14-15(8-11)31-7-3-6-30-14/h4-5,8,17H,3,6-7,9-10H2,1-2H3,(H,25,26,27). The molecule has 2 aromatic rings. The van der Waals surface area contributed by atoms with Gasteiger partial charge in [-0.2, -0.15) is 18.2 Å². The van der Waals surface area contributed by atoms with Gasteiger partial charge in [0.15, 0.2) is 17.3 Å². The number of aromatic nitrogens is 3. The number of Topliss-reactive ketones (excluding diaryl/α,β-unsaturated/α-hetero) is 1. The van der Waals surface area contributed by atoms with E-state index in [1.54, 1.807) is 18.2 Å². The topological polar surface area (TPSA) is 78.3 Å². The minimum Gasteiger partial charge on any atom is -0.490 e. The molecule has 1 aliphatic carbocycles. The third-order valence-corrected chi connectivity index (χ3v) is 5.67. The maximum Gasteiger partial charge on any atom is 0.453 e. The molecule has 10 heteroatoms. The number of ether oxygens (including phenoxy) is 2. The van der Waals surface area contributed by atoms with Crippen LogP contribution in [-0.4, -0.2) is 33.8 Å². The molecular weight excluding hydrogens is 413 g/mol. The monoisotopic (exact) mass is 434 g/mol. The molecule has 0 amide bonds. The smallest absolute Gasteiger partial charge is 0.453 e. The van der Waals surface area contributed by atoms with Crippen LogP contribution in [0.3, 0.4) is 0 Å². The highest BCUT2D eigenvalue weighted by Crippen LogP contribution is 2.47.